The van der Waals surface area contributed by atoms with Gasteiger partial charge >= 0.3 is 6.18 Å². The average Bonchev–Trinajstić information content (AvgIpc) is 3.38. The zero-order valence-corrected chi connectivity index (χ0v) is 17.2. The third-order valence-corrected chi connectivity index (χ3v) is 6.15. The number of hydrogen-bond acceptors (Lipinski definition) is 6. The van der Waals surface area contributed by atoms with Crippen LogP contribution in [-0.4, -0.2) is 32.8 Å². The first kappa shape index (κ1) is 20.5. The first-order valence-corrected chi connectivity index (χ1v) is 10.5. The highest BCUT2D eigenvalue weighted by Crippen LogP contribution is 2.45. The van der Waals surface area contributed by atoms with Gasteiger partial charge in [-0.15, -0.1) is 11.3 Å². The maximum atomic E-state index is 14.0. The molecule has 0 bridgehead atoms. The van der Waals surface area contributed by atoms with Gasteiger partial charge in [0.2, 0.25) is 5.13 Å². The average molecular weight is 455 g/mol. The van der Waals surface area contributed by atoms with Crippen LogP contribution >= 0.6 is 11.3 Å². The molecule has 0 spiro atoms. The Bertz CT molecular complexity index is 1350. The quantitative estimate of drug-likeness (QED) is 0.426. The number of alkyl halides is 3. The Kier molecular flexibility index (Phi) is 4.68. The number of aromatic hydroxyl groups is 1. The normalized spacial score (nSPS) is 18.9. The van der Waals surface area contributed by atoms with Crippen molar-refractivity contribution in [3.8, 4) is 17.0 Å². The molecule has 1 atom stereocenters. The van der Waals surface area contributed by atoms with Crippen molar-refractivity contribution in [3.05, 3.63) is 77.7 Å². The topological polar surface area (TPSA) is 69.0 Å². The van der Waals surface area contributed by atoms with Gasteiger partial charge in [-0.25, -0.2) is 4.98 Å². The largest absolute Gasteiger partial charge is 0.508 e. The second-order valence-electron chi connectivity index (χ2n) is 7.48. The third-order valence-electron chi connectivity index (χ3n) is 5.34. The summed E-state index contributed by atoms with van der Waals surface area (Å²) in [7, 11) is 0. The standard InChI is InChI=1S/C23H16F3N3O2S/c24-23(25,26)22(31)12-19(17-9-8-14-4-1-2-5-15(14)10-17)28-29(22)21-27-20(13-32-21)16-6-3-7-18(30)11-16/h1-11,13,30-31H,12H2. The van der Waals surface area contributed by atoms with Gasteiger partial charge in [-0.3, -0.25) is 0 Å². The molecule has 162 valence electrons. The number of rotatable bonds is 3. The fourth-order valence-corrected chi connectivity index (χ4v) is 4.51. The van der Waals surface area contributed by atoms with Crippen LogP contribution in [0.5, 0.6) is 5.75 Å². The molecule has 1 aliphatic rings. The highest BCUT2D eigenvalue weighted by molar-refractivity contribution is 7.14. The summed E-state index contributed by atoms with van der Waals surface area (Å²) in [6, 6.07) is 19.0. The molecule has 9 heteroatoms. The monoisotopic (exact) mass is 455 g/mol. The van der Waals surface area contributed by atoms with E-state index in [1.54, 1.807) is 29.6 Å². The van der Waals surface area contributed by atoms with Crippen molar-refractivity contribution in [2.75, 3.05) is 5.01 Å². The van der Waals surface area contributed by atoms with E-state index in [0.717, 1.165) is 22.1 Å². The molecule has 5 nitrogen and oxygen atoms in total. The summed E-state index contributed by atoms with van der Waals surface area (Å²) in [5.74, 6) is 0.0154. The highest BCUT2D eigenvalue weighted by atomic mass is 32.1. The van der Waals surface area contributed by atoms with Gasteiger partial charge in [0.25, 0.3) is 5.72 Å². The molecule has 1 aromatic heterocycles. The van der Waals surface area contributed by atoms with Crippen LogP contribution in [0.4, 0.5) is 18.3 Å². The summed E-state index contributed by atoms with van der Waals surface area (Å²) in [5, 5.41) is 28.4. The van der Waals surface area contributed by atoms with Crippen LogP contribution in [0.25, 0.3) is 22.0 Å². The van der Waals surface area contributed by atoms with E-state index >= 15 is 0 Å². The van der Waals surface area contributed by atoms with Gasteiger partial charge in [0.05, 0.1) is 17.8 Å². The summed E-state index contributed by atoms with van der Waals surface area (Å²) in [6.45, 7) is 0. The summed E-state index contributed by atoms with van der Waals surface area (Å²) in [6.07, 6.45) is -5.69. The molecule has 0 saturated carbocycles. The van der Waals surface area contributed by atoms with Gasteiger partial charge in [-0.2, -0.15) is 23.3 Å². The number of phenolic OH excluding ortho intramolecular Hbond substituents is 1. The lowest BCUT2D eigenvalue weighted by molar-refractivity contribution is -0.254. The van der Waals surface area contributed by atoms with Crippen LogP contribution in [0, 0.1) is 0 Å². The lowest BCUT2D eigenvalue weighted by Gasteiger charge is -2.32. The number of anilines is 1. The van der Waals surface area contributed by atoms with E-state index < -0.39 is 18.3 Å². The summed E-state index contributed by atoms with van der Waals surface area (Å²) >= 11 is 0.932. The predicted molar refractivity (Wildman–Crippen MR) is 118 cm³/mol. The molecule has 0 radical (unpaired) electrons. The Morgan fingerprint density at radius 3 is 2.47 bits per heavy atom. The van der Waals surface area contributed by atoms with Crippen LogP contribution in [0.1, 0.15) is 12.0 Å². The van der Waals surface area contributed by atoms with Gasteiger partial charge in [0.15, 0.2) is 0 Å². The number of hydrazone groups is 1. The van der Waals surface area contributed by atoms with Crippen molar-refractivity contribution in [1.82, 2.24) is 4.98 Å². The molecule has 1 aliphatic heterocycles. The fraction of sp³-hybridized carbons (Fsp3) is 0.130. The maximum absolute atomic E-state index is 14.0. The number of nitrogens with zero attached hydrogens (tertiary/aromatic N) is 3. The first-order valence-electron chi connectivity index (χ1n) is 9.65. The molecule has 0 saturated heterocycles. The van der Waals surface area contributed by atoms with Gasteiger partial charge in [0, 0.05) is 10.9 Å². The number of aromatic nitrogens is 1. The van der Waals surface area contributed by atoms with Crippen LogP contribution in [0.3, 0.4) is 0 Å². The van der Waals surface area contributed by atoms with E-state index in [2.05, 4.69) is 10.1 Å². The zero-order valence-electron chi connectivity index (χ0n) is 16.4. The summed E-state index contributed by atoms with van der Waals surface area (Å²) < 4.78 is 42.0. The minimum Gasteiger partial charge on any atom is -0.508 e. The molecular formula is C23H16F3N3O2S. The lowest BCUT2D eigenvalue weighted by Crippen LogP contribution is -2.55. The minimum atomic E-state index is -4.97. The number of benzene rings is 3. The number of aliphatic hydroxyl groups is 1. The Labute approximate surface area is 184 Å². The number of hydrogen-bond donors (Lipinski definition) is 2. The van der Waals surface area contributed by atoms with E-state index in [1.165, 1.54) is 12.1 Å². The van der Waals surface area contributed by atoms with Crippen molar-refractivity contribution in [1.29, 1.82) is 0 Å². The Morgan fingerprint density at radius 2 is 1.72 bits per heavy atom. The molecule has 0 fully saturated rings. The lowest BCUT2D eigenvalue weighted by atomic mass is 9.98. The fourth-order valence-electron chi connectivity index (χ4n) is 3.66. The molecule has 3 aromatic carbocycles. The highest BCUT2D eigenvalue weighted by Gasteiger charge is 2.62. The Hall–Kier alpha value is -3.43. The number of phenols is 1. The molecule has 4 aromatic rings. The van der Waals surface area contributed by atoms with Gasteiger partial charge < -0.3 is 10.2 Å². The van der Waals surface area contributed by atoms with Gasteiger partial charge in [-0.1, -0.05) is 48.5 Å². The van der Waals surface area contributed by atoms with E-state index in [0.29, 0.717) is 21.8 Å². The molecule has 2 N–H and O–H groups in total. The van der Waals surface area contributed by atoms with E-state index in [1.807, 2.05) is 30.3 Å². The van der Waals surface area contributed by atoms with Crippen LogP contribution in [0.15, 0.2) is 77.2 Å². The molecule has 32 heavy (non-hydrogen) atoms. The molecular weight excluding hydrogens is 439 g/mol. The number of halogens is 3. The van der Waals surface area contributed by atoms with E-state index in [-0.39, 0.29) is 16.6 Å². The van der Waals surface area contributed by atoms with Crippen LogP contribution in [0.2, 0.25) is 0 Å². The third kappa shape index (κ3) is 3.39. The van der Waals surface area contributed by atoms with Crippen molar-refractivity contribution in [2.45, 2.75) is 18.3 Å². The number of fused-ring (bicyclic) bond motifs is 1. The van der Waals surface area contributed by atoms with Crippen molar-refractivity contribution in [3.63, 3.8) is 0 Å². The number of thiazole rings is 1. The van der Waals surface area contributed by atoms with E-state index in [4.69, 9.17) is 0 Å². The van der Waals surface area contributed by atoms with Crippen LogP contribution in [-0.2, 0) is 0 Å². The van der Waals surface area contributed by atoms with Gasteiger partial charge in [-0.05, 0) is 34.5 Å². The second-order valence-corrected chi connectivity index (χ2v) is 8.31. The summed E-state index contributed by atoms with van der Waals surface area (Å²) in [4.78, 5) is 4.26. The molecule has 1 unspecified atom stereocenters. The SMILES string of the molecule is Oc1cccc(-c2csc(N3N=C(c4ccc5ccccc5c4)CC3(O)C(F)(F)F)n2)c1. The van der Waals surface area contributed by atoms with Gasteiger partial charge in [0.1, 0.15) is 5.75 Å². The van der Waals surface area contributed by atoms with Crippen molar-refractivity contribution >= 4 is 33.0 Å². The molecule has 0 aliphatic carbocycles. The van der Waals surface area contributed by atoms with Crippen LogP contribution < -0.4 is 5.01 Å². The zero-order chi connectivity index (χ0) is 22.5. The Balaban J connectivity index is 1.57. The maximum Gasteiger partial charge on any atom is 0.438 e. The molecule has 0 amide bonds. The predicted octanol–water partition coefficient (Wildman–Crippen LogP) is 5.53. The first-order chi connectivity index (χ1) is 15.2. The smallest absolute Gasteiger partial charge is 0.438 e. The van der Waals surface area contributed by atoms with Crippen molar-refractivity contribution < 1.29 is 23.4 Å². The molecule has 2 heterocycles. The molecule has 5 rings (SSSR count). The second kappa shape index (κ2) is 7.32. The summed E-state index contributed by atoms with van der Waals surface area (Å²) in [5.41, 5.74) is -1.69. The Morgan fingerprint density at radius 1 is 0.938 bits per heavy atom. The van der Waals surface area contributed by atoms with E-state index in [9.17, 15) is 23.4 Å². The van der Waals surface area contributed by atoms with Crippen molar-refractivity contribution in [2.24, 2.45) is 5.10 Å². The minimum absolute atomic E-state index is 0.0154.